The third-order valence-corrected chi connectivity index (χ3v) is 5.35. The number of hydrogen-bond acceptors (Lipinski definition) is 4. The number of carbonyl (C=O) groups is 1. The van der Waals surface area contributed by atoms with Crippen molar-refractivity contribution >= 4 is 17.5 Å². The predicted molar refractivity (Wildman–Crippen MR) is 95.4 cm³/mol. The number of carbonyl (C=O) groups excluding carboxylic acids is 1. The molecule has 1 amide bonds. The van der Waals surface area contributed by atoms with E-state index in [0.29, 0.717) is 50.0 Å². The van der Waals surface area contributed by atoms with Crippen LogP contribution in [-0.4, -0.2) is 39.8 Å². The molecule has 2 heterocycles. The minimum absolute atomic E-state index is 0.00890. The fourth-order valence-corrected chi connectivity index (χ4v) is 3.64. The smallest absolute Gasteiger partial charge is 0.229 e. The zero-order valence-electron chi connectivity index (χ0n) is 14.7. The highest BCUT2D eigenvalue weighted by atomic mass is 35.5. The summed E-state index contributed by atoms with van der Waals surface area (Å²) in [6, 6.07) is 6.48. The normalized spacial score (nSPS) is 16.7. The van der Waals surface area contributed by atoms with Crippen LogP contribution in [0.3, 0.4) is 0 Å². The van der Waals surface area contributed by atoms with E-state index >= 15 is 0 Å². The summed E-state index contributed by atoms with van der Waals surface area (Å²) in [6.45, 7) is 2.71. The number of hydrogen-bond donors (Lipinski definition) is 1. The van der Waals surface area contributed by atoms with Crippen LogP contribution >= 0.6 is 11.6 Å². The van der Waals surface area contributed by atoms with Gasteiger partial charge in [0, 0.05) is 31.5 Å². The molecule has 1 aromatic heterocycles. The van der Waals surface area contributed by atoms with E-state index in [4.69, 9.17) is 16.1 Å². The summed E-state index contributed by atoms with van der Waals surface area (Å²) in [5.74, 6) is -0.296. The number of benzene rings is 1. The van der Waals surface area contributed by atoms with Crippen molar-refractivity contribution in [2.45, 2.75) is 44.6 Å². The van der Waals surface area contributed by atoms with Gasteiger partial charge in [0.1, 0.15) is 5.82 Å². The Hall–Kier alpha value is -1.92. The lowest BCUT2D eigenvalue weighted by molar-refractivity contribution is -0.135. The molecule has 1 aliphatic rings. The standard InChI is InChI=1S/C19H22ClFN2O3/c1-13-15(18(20)26-22-13)6-7-17(24)23-10-8-19(25,9-11-23)12-14-4-2-3-5-16(14)21/h2-5,25H,6-12H2,1H3. The van der Waals surface area contributed by atoms with Crippen LogP contribution in [0.25, 0.3) is 0 Å². The minimum atomic E-state index is -0.979. The average Bonchev–Trinajstić information content (AvgIpc) is 2.93. The zero-order valence-corrected chi connectivity index (χ0v) is 15.4. The average molecular weight is 381 g/mol. The maximum atomic E-state index is 13.8. The van der Waals surface area contributed by atoms with Crippen molar-refractivity contribution < 1.29 is 18.8 Å². The lowest BCUT2D eigenvalue weighted by Crippen LogP contribution is -2.47. The number of likely N-dealkylation sites (tertiary alicyclic amines) is 1. The van der Waals surface area contributed by atoms with Crippen LogP contribution in [0.2, 0.25) is 5.22 Å². The van der Waals surface area contributed by atoms with Gasteiger partial charge in [0.05, 0.1) is 11.3 Å². The van der Waals surface area contributed by atoms with Crippen LogP contribution in [0.5, 0.6) is 0 Å². The molecule has 1 fully saturated rings. The number of aryl methyl sites for hydroxylation is 1. The van der Waals surface area contributed by atoms with E-state index < -0.39 is 5.60 Å². The number of aromatic nitrogens is 1. The number of rotatable bonds is 5. The van der Waals surface area contributed by atoms with E-state index in [1.807, 2.05) is 0 Å². The molecular weight excluding hydrogens is 359 g/mol. The molecule has 0 bridgehead atoms. The second-order valence-corrected chi connectivity index (χ2v) is 7.24. The first-order valence-corrected chi connectivity index (χ1v) is 9.10. The van der Waals surface area contributed by atoms with E-state index in [2.05, 4.69) is 5.16 Å². The summed E-state index contributed by atoms with van der Waals surface area (Å²) >= 11 is 5.92. The van der Waals surface area contributed by atoms with Crippen molar-refractivity contribution in [3.63, 3.8) is 0 Å². The molecule has 1 N–H and O–H groups in total. The van der Waals surface area contributed by atoms with E-state index in [-0.39, 0.29) is 23.4 Å². The molecule has 0 radical (unpaired) electrons. The summed E-state index contributed by atoms with van der Waals surface area (Å²) in [5, 5.41) is 14.8. The fourth-order valence-electron chi connectivity index (χ4n) is 3.38. The van der Waals surface area contributed by atoms with Crippen LogP contribution in [0, 0.1) is 12.7 Å². The maximum absolute atomic E-state index is 13.8. The van der Waals surface area contributed by atoms with Gasteiger partial charge in [0.25, 0.3) is 0 Å². The maximum Gasteiger partial charge on any atom is 0.229 e. The molecule has 1 saturated heterocycles. The van der Waals surface area contributed by atoms with Crippen molar-refractivity contribution in [2.75, 3.05) is 13.1 Å². The van der Waals surface area contributed by atoms with Crippen LogP contribution in [0.1, 0.15) is 36.1 Å². The Morgan fingerprint density at radius 1 is 1.38 bits per heavy atom. The first kappa shape index (κ1) is 18.9. The van der Waals surface area contributed by atoms with Crippen LogP contribution < -0.4 is 0 Å². The van der Waals surface area contributed by atoms with Gasteiger partial charge in [0.15, 0.2) is 0 Å². The molecule has 7 heteroatoms. The van der Waals surface area contributed by atoms with Gasteiger partial charge in [-0.2, -0.15) is 0 Å². The quantitative estimate of drug-likeness (QED) is 0.864. The minimum Gasteiger partial charge on any atom is -0.389 e. The lowest BCUT2D eigenvalue weighted by atomic mass is 9.85. The summed E-state index contributed by atoms with van der Waals surface area (Å²) in [6.07, 6.45) is 1.91. The molecule has 0 aliphatic carbocycles. The number of nitrogens with zero attached hydrogens (tertiary/aromatic N) is 2. The van der Waals surface area contributed by atoms with Gasteiger partial charge in [-0.15, -0.1) is 0 Å². The molecule has 2 aromatic rings. The Morgan fingerprint density at radius 2 is 2.08 bits per heavy atom. The van der Waals surface area contributed by atoms with Crippen LogP contribution in [-0.2, 0) is 17.6 Å². The Kier molecular flexibility index (Phi) is 5.63. The highest BCUT2D eigenvalue weighted by molar-refractivity contribution is 6.29. The Balaban J connectivity index is 1.53. The zero-order chi connectivity index (χ0) is 18.7. The molecule has 1 aliphatic heterocycles. The number of aliphatic hydroxyl groups is 1. The second kappa shape index (κ2) is 7.76. The van der Waals surface area contributed by atoms with Crippen molar-refractivity contribution in [1.29, 1.82) is 0 Å². The molecule has 5 nitrogen and oxygen atoms in total. The van der Waals surface area contributed by atoms with E-state index in [0.717, 1.165) is 5.56 Å². The largest absolute Gasteiger partial charge is 0.389 e. The Morgan fingerprint density at radius 3 is 2.69 bits per heavy atom. The number of halogens is 2. The number of piperidine rings is 1. The van der Waals surface area contributed by atoms with Crippen molar-refractivity contribution in [3.8, 4) is 0 Å². The highest BCUT2D eigenvalue weighted by Gasteiger charge is 2.34. The molecular formula is C19H22ClFN2O3. The molecule has 26 heavy (non-hydrogen) atoms. The van der Waals surface area contributed by atoms with Gasteiger partial charge in [-0.3, -0.25) is 4.79 Å². The topological polar surface area (TPSA) is 66.6 Å². The highest BCUT2D eigenvalue weighted by Crippen LogP contribution is 2.28. The Bertz CT molecular complexity index is 765. The second-order valence-electron chi connectivity index (χ2n) is 6.89. The molecule has 0 atom stereocenters. The van der Waals surface area contributed by atoms with Crippen molar-refractivity contribution in [2.24, 2.45) is 0 Å². The van der Waals surface area contributed by atoms with Gasteiger partial charge < -0.3 is 14.5 Å². The third-order valence-electron chi connectivity index (χ3n) is 5.05. The van der Waals surface area contributed by atoms with Gasteiger partial charge in [0.2, 0.25) is 11.1 Å². The van der Waals surface area contributed by atoms with Crippen LogP contribution in [0.15, 0.2) is 28.8 Å². The van der Waals surface area contributed by atoms with Gasteiger partial charge in [-0.1, -0.05) is 23.4 Å². The van der Waals surface area contributed by atoms with Gasteiger partial charge >= 0.3 is 0 Å². The fraction of sp³-hybridized carbons (Fsp3) is 0.474. The van der Waals surface area contributed by atoms with Gasteiger partial charge in [-0.25, -0.2) is 4.39 Å². The first-order valence-electron chi connectivity index (χ1n) is 8.72. The summed E-state index contributed by atoms with van der Waals surface area (Å²) in [4.78, 5) is 14.2. The molecule has 140 valence electrons. The third kappa shape index (κ3) is 4.24. The van der Waals surface area contributed by atoms with E-state index in [1.165, 1.54) is 6.07 Å². The Labute approximate surface area is 156 Å². The summed E-state index contributed by atoms with van der Waals surface area (Å²) in [5.41, 5.74) is 0.981. The first-order chi connectivity index (χ1) is 12.4. The van der Waals surface area contributed by atoms with Crippen molar-refractivity contribution in [3.05, 3.63) is 52.1 Å². The molecule has 0 spiro atoms. The summed E-state index contributed by atoms with van der Waals surface area (Å²) in [7, 11) is 0. The molecule has 0 unspecified atom stereocenters. The lowest BCUT2D eigenvalue weighted by Gasteiger charge is -2.38. The van der Waals surface area contributed by atoms with Crippen LogP contribution in [0.4, 0.5) is 4.39 Å². The van der Waals surface area contributed by atoms with Crippen molar-refractivity contribution in [1.82, 2.24) is 10.1 Å². The molecule has 0 saturated carbocycles. The molecule has 3 rings (SSSR count). The number of amides is 1. The van der Waals surface area contributed by atoms with E-state index in [9.17, 15) is 14.3 Å². The SMILES string of the molecule is Cc1noc(Cl)c1CCC(=O)N1CCC(O)(Cc2ccccc2F)CC1. The monoisotopic (exact) mass is 380 g/mol. The summed E-state index contributed by atoms with van der Waals surface area (Å²) < 4.78 is 18.7. The molecule has 1 aromatic carbocycles. The van der Waals surface area contributed by atoms with Gasteiger partial charge in [-0.05, 0) is 49.4 Å². The van der Waals surface area contributed by atoms with E-state index in [1.54, 1.807) is 30.0 Å². The predicted octanol–water partition coefficient (Wildman–Crippen LogP) is 3.30.